The van der Waals surface area contributed by atoms with Crippen molar-refractivity contribution in [1.29, 1.82) is 0 Å². The highest BCUT2D eigenvalue weighted by Gasteiger charge is 2.39. The molecule has 0 amide bonds. The predicted octanol–water partition coefficient (Wildman–Crippen LogP) is 3.73. The van der Waals surface area contributed by atoms with Crippen LogP contribution in [0.4, 0.5) is 10.1 Å². The van der Waals surface area contributed by atoms with Gasteiger partial charge in [-0.1, -0.05) is 28.1 Å². The molecular formula is C17H17BrFNO. The van der Waals surface area contributed by atoms with Crippen LogP contribution in [0.1, 0.15) is 12.0 Å². The maximum Gasteiger partial charge on any atom is 0.123 e. The van der Waals surface area contributed by atoms with Crippen LogP contribution in [0.15, 0.2) is 53.0 Å². The molecule has 1 saturated heterocycles. The summed E-state index contributed by atoms with van der Waals surface area (Å²) in [5.74, 6) is -0.241. The maximum atomic E-state index is 13.1. The zero-order valence-corrected chi connectivity index (χ0v) is 13.2. The minimum atomic E-state index is -0.305. The van der Waals surface area contributed by atoms with Crippen LogP contribution in [0, 0.1) is 5.82 Å². The Morgan fingerprint density at radius 1 is 1.10 bits per heavy atom. The van der Waals surface area contributed by atoms with Gasteiger partial charge in [0, 0.05) is 28.7 Å². The van der Waals surface area contributed by atoms with Crippen LogP contribution in [0.5, 0.6) is 0 Å². The molecule has 2 nitrogen and oxygen atoms in total. The molecule has 0 aromatic heterocycles. The topological polar surface area (TPSA) is 23.5 Å². The number of aliphatic hydroxyl groups is 1. The molecule has 0 spiro atoms. The summed E-state index contributed by atoms with van der Waals surface area (Å²) in [4.78, 5) is 2.27. The van der Waals surface area contributed by atoms with Crippen LogP contribution >= 0.6 is 15.9 Å². The van der Waals surface area contributed by atoms with Gasteiger partial charge in [-0.05, 0) is 48.4 Å². The van der Waals surface area contributed by atoms with Crippen molar-refractivity contribution in [2.75, 3.05) is 24.6 Å². The van der Waals surface area contributed by atoms with Crippen molar-refractivity contribution in [1.82, 2.24) is 0 Å². The summed E-state index contributed by atoms with van der Waals surface area (Å²) >= 11 is 3.44. The van der Waals surface area contributed by atoms with E-state index in [2.05, 4.69) is 33.0 Å². The fourth-order valence-corrected chi connectivity index (χ4v) is 3.27. The second-order valence-corrected chi connectivity index (χ2v) is 6.51. The smallest absolute Gasteiger partial charge is 0.123 e. The molecule has 4 heteroatoms. The van der Waals surface area contributed by atoms with Crippen LogP contribution in [0.2, 0.25) is 0 Å². The second-order valence-electron chi connectivity index (χ2n) is 5.59. The summed E-state index contributed by atoms with van der Waals surface area (Å²) in [7, 11) is 0. The minimum absolute atomic E-state index is 0.0751. The normalized spacial score (nSPS) is 21.8. The van der Waals surface area contributed by atoms with E-state index >= 15 is 0 Å². The van der Waals surface area contributed by atoms with Crippen molar-refractivity contribution in [3.63, 3.8) is 0 Å². The van der Waals surface area contributed by atoms with Crippen molar-refractivity contribution >= 4 is 21.6 Å². The van der Waals surface area contributed by atoms with Gasteiger partial charge in [0.1, 0.15) is 5.82 Å². The van der Waals surface area contributed by atoms with Gasteiger partial charge in [-0.3, -0.25) is 0 Å². The molecule has 0 bridgehead atoms. The number of rotatable bonds is 3. The Bertz CT molecular complexity index is 614. The van der Waals surface area contributed by atoms with E-state index in [1.165, 1.54) is 12.1 Å². The van der Waals surface area contributed by atoms with Gasteiger partial charge < -0.3 is 10.0 Å². The molecule has 0 aliphatic carbocycles. The molecule has 1 aliphatic rings. The largest absolute Gasteiger partial charge is 0.395 e. The van der Waals surface area contributed by atoms with Gasteiger partial charge in [-0.15, -0.1) is 0 Å². The van der Waals surface area contributed by atoms with Crippen molar-refractivity contribution < 1.29 is 9.50 Å². The maximum absolute atomic E-state index is 13.1. The molecule has 1 atom stereocenters. The van der Waals surface area contributed by atoms with E-state index in [4.69, 9.17) is 0 Å². The number of hydrogen-bond acceptors (Lipinski definition) is 2. The first kappa shape index (κ1) is 14.5. The molecule has 1 fully saturated rings. The van der Waals surface area contributed by atoms with Crippen LogP contribution in [0.3, 0.4) is 0 Å². The second kappa shape index (κ2) is 5.78. The van der Waals surface area contributed by atoms with Gasteiger partial charge in [-0.25, -0.2) is 4.39 Å². The van der Waals surface area contributed by atoms with Crippen LogP contribution in [0.25, 0.3) is 0 Å². The Morgan fingerprint density at radius 3 is 2.38 bits per heavy atom. The van der Waals surface area contributed by atoms with Crippen molar-refractivity contribution in [2.24, 2.45) is 0 Å². The summed E-state index contributed by atoms with van der Waals surface area (Å²) in [6, 6.07) is 14.7. The van der Waals surface area contributed by atoms with E-state index in [9.17, 15) is 9.50 Å². The molecule has 0 radical (unpaired) electrons. The Hall–Kier alpha value is -1.39. The Labute approximate surface area is 132 Å². The number of benzene rings is 2. The van der Waals surface area contributed by atoms with E-state index in [1.54, 1.807) is 12.1 Å². The Kier molecular flexibility index (Phi) is 4.00. The summed E-state index contributed by atoms with van der Waals surface area (Å²) < 4.78 is 14.2. The molecule has 1 heterocycles. The van der Waals surface area contributed by atoms with Gasteiger partial charge in [-0.2, -0.15) is 0 Å². The molecule has 2 aromatic carbocycles. The molecule has 1 aliphatic heterocycles. The highest BCUT2D eigenvalue weighted by Crippen LogP contribution is 2.36. The molecule has 2 aromatic rings. The van der Waals surface area contributed by atoms with Gasteiger partial charge in [0.05, 0.1) is 6.61 Å². The SMILES string of the molecule is OCC1(c2ccc(F)cc2)CCN(c2ccc(Br)cc2)C1. The van der Waals surface area contributed by atoms with Crippen LogP contribution in [-0.2, 0) is 5.41 Å². The lowest BCUT2D eigenvalue weighted by molar-refractivity contribution is 0.206. The number of halogens is 2. The first-order valence-electron chi connectivity index (χ1n) is 7.00. The highest BCUT2D eigenvalue weighted by molar-refractivity contribution is 9.10. The third kappa shape index (κ3) is 2.83. The highest BCUT2D eigenvalue weighted by atomic mass is 79.9. The van der Waals surface area contributed by atoms with Crippen molar-refractivity contribution in [3.05, 3.63) is 64.4 Å². The lowest BCUT2D eigenvalue weighted by Crippen LogP contribution is -2.34. The van der Waals surface area contributed by atoms with Gasteiger partial charge >= 0.3 is 0 Å². The van der Waals surface area contributed by atoms with E-state index in [-0.39, 0.29) is 17.8 Å². The first-order valence-corrected chi connectivity index (χ1v) is 7.80. The molecule has 3 rings (SSSR count). The fraction of sp³-hybridized carbons (Fsp3) is 0.294. The lowest BCUT2D eigenvalue weighted by atomic mass is 9.80. The van der Waals surface area contributed by atoms with Gasteiger partial charge in [0.15, 0.2) is 0 Å². The van der Waals surface area contributed by atoms with Gasteiger partial charge in [0.25, 0.3) is 0 Å². The van der Waals surface area contributed by atoms with E-state index in [1.807, 2.05) is 12.1 Å². The number of nitrogens with zero attached hydrogens (tertiary/aromatic N) is 1. The molecule has 1 unspecified atom stereocenters. The Morgan fingerprint density at radius 2 is 1.76 bits per heavy atom. The van der Waals surface area contributed by atoms with Crippen LogP contribution < -0.4 is 4.90 Å². The van der Waals surface area contributed by atoms with E-state index < -0.39 is 0 Å². The third-order valence-electron chi connectivity index (χ3n) is 4.30. The molecule has 110 valence electrons. The number of hydrogen-bond donors (Lipinski definition) is 1. The van der Waals surface area contributed by atoms with E-state index in [0.717, 1.165) is 35.2 Å². The average Bonchev–Trinajstić information content (AvgIpc) is 2.94. The monoisotopic (exact) mass is 349 g/mol. The van der Waals surface area contributed by atoms with Gasteiger partial charge in [0.2, 0.25) is 0 Å². The van der Waals surface area contributed by atoms with E-state index in [0.29, 0.717) is 0 Å². The average molecular weight is 350 g/mol. The molecule has 21 heavy (non-hydrogen) atoms. The zero-order chi connectivity index (χ0) is 14.9. The predicted molar refractivity (Wildman–Crippen MR) is 86.1 cm³/mol. The standard InChI is InChI=1S/C17H17BrFNO/c18-14-3-7-16(8-4-14)20-10-9-17(11-20,12-21)13-1-5-15(19)6-2-13/h1-8,21H,9-12H2. The molecule has 0 saturated carbocycles. The zero-order valence-electron chi connectivity index (χ0n) is 11.6. The molecular weight excluding hydrogens is 333 g/mol. The van der Waals surface area contributed by atoms with Crippen molar-refractivity contribution in [3.8, 4) is 0 Å². The lowest BCUT2D eigenvalue weighted by Gasteiger charge is -2.28. The quantitative estimate of drug-likeness (QED) is 0.912. The fourth-order valence-electron chi connectivity index (χ4n) is 3.00. The summed E-state index contributed by atoms with van der Waals surface area (Å²) in [6.45, 7) is 1.71. The minimum Gasteiger partial charge on any atom is -0.395 e. The Balaban J connectivity index is 1.85. The first-order chi connectivity index (χ1) is 10.1. The number of anilines is 1. The summed E-state index contributed by atoms with van der Waals surface area (Å²) in [5.41, 5.74) is 1.85. The third-order valence-corrected chi connectivity index (χ3v) is 4.83. The van der Waals surface area contributed by atoms with Crippen molar-refractivity contribution in [2.45, 2.75) is 11.8 Å². The molecule has 1 N–H and O–H groups in total. The van der Waals surface area contributed by atoms with Crippen LogP contribution in [-0.4, -0.2) is 24.8 Å². The summed E-state index contributed by atoms with van der Waals surface area (Å²) in [5, 5.41) is 9.92. The summed E-state index contributed by atoms with van der Waals surface area (Å²) in [6.07, 6.45) is 0.866. The number of aliphatic hydroxyl groups excluding tert-OH is 1.